The summed E-state index contributed by atoms with van der Waals surface area (Å²) in [5, 5.41) is 12.0. The molecule has 0 saturated carbocycles. The maximum Gasteiger partial charge on any atom is 0.234 e. The number of carbonyl (C=O) groups excluding carboxylic acids is 1. The van der Waals surface area contributed by atoms with E-state index in [1.54, 1.807) is 19.4 Å². The summed E-state index contributed by atoms with van der Waals surface area (Å²) in [4.78, 5) is 12.3. The molecule has 7 nitrogen and oxygen atoms in total. The van der Waals surface area contributed by atoms with Crippen molar-refractivity contribution in [2.75, 3.05) is 24.8 Å². The molecule has 3 rings (SSSR count). The normalized spacial score (nSPS) is 10.9. The molecule has 0 unspecified atom stereocenters. The van der Waals surface area contributed by atoms with Gasteiger partial charge in [0.25, 0.3) is 0 Å². The highest BCUT2D eigenvalue weighted by Crippen LogP contribution is 2.24. The minimum atomic E-state index is -0.0934. The Labute approximate surface area is 162 Å². The number of thioether (sulfide) groups is 1. The molecule has 0 saturated heterocycles. The Morgan fingerprint density at radius 2 is 2.11 bits per heavy atom. The van der Waals surface area contributed by atoms with Crippen molar-refractivity contribution in [2.45, 2.75) is 25.5 Å². The van der Waals surface area contributed by atoms with Gasteiger partial charge in [-0.2, -0.15) is 0 Å². The van der Waals surface area contributed by atoms with Crippen LogP contribution in [0, 0.1) is 13.8 Å². The maximum absolute atomic E-state index is 12.3. The third kappa shape index (κ3) is 4.78. The minimum Gasteiger partial charge on any atom is -0.461 e. The second-order valence-corrected chi connectivity index (χ2v) is 7.01. The number of anilines is 1. The van der Waals surface area contributed by atoms with Gasteiger partial charge >= 0.3 is 0 Å². The van der Waals surface area contributed by atoms with Crippen LogP contribution in [-0.2, 0) is 16.1 Å². The van der Waals surface area contributed by atoms with Crippen LogP contribution in [0.4, 0.5) is 5.69 Å². The molecule has 2 heterocycles. The Morgan fingerprint density at radius 1 is 1.26 bits per heavy atom. The molecule has 0 atom stereocenters. The molecular weight excluding hydrogens is 364 g/mol. The second-order valence-electron chi connectivity index (χ2n) is 6.06. The van der Waals surface area contributed by atoms with Crippen LogP contribution in [0.5, 0.6) is 0 Å². The van der Waals surface area contributed by atoms with Crippen molar-refractivity contribution in [1.29, 1.82) is 0 Å². The van der Waals surface area contributed by atoms with Crippen molar-refractivity contribution in [1.82, 2.24) is 14.8 Å². The zero-order valence-corrected chi connectivity index (χ0v) is 16.4. The molecule has 27 heavy (non-hydrogen) atoms. The number of methoxy groups -OCH3 is 1. The molecule has 0 fully saturated rings. The van der Waals surface area contributed by atoms with Crippen molar-refractivity contribution in [3.63, 3.8) is 0 Å². The first-order chi connectivity index (χ1) is 13.1. The molecule has 1 amide bonds. The van der Waals surface area contributed by atoms with Crippen LogP contribution in [0.1, 0.15) is 11.1 Å². The maximum atomic E-state index is 12.3. The Kier molecular flexibility index (Phi) is 6.31. The predicted octanol–water partition coefficient (Wildman–Crippen LogP) is 3.53. The number of aromatic nitrogens is 3. The first-order valence-electron chi connectivity index (χ1n) is 8.54. The lowest BCUT2D eigenvalue weighted by Gasteiger charge is -2.09. The van der Waals surface area contributed by atoms with E-state index in [0.29, 0.717) is 29.9 Å². The van der Waals surface area contributed by atoms with Crippen LogP contribution in [0.25, 0.3) is 11.6 Å². The summed E-state index contributed by atoms with van der Waals surface area (Å²) in [6.45, 7) is 5.14. The Hall–Kier alpha value is -2.58. The second kappa shape index (κ2) is 8.88. The Bertz CT molecular complexity index is 906. The summed E-state index contributed by atoms with van der Waals surface area (Å²) in [6.07, 6.45) is 1.59. The standard InChI is InChI=1S/C19H22N4O3S/c1-13-6-7-15(11-14(13)2)20-17(24)12-27-19-22-21-18(16-5-4-9-26-16)23(19)8-10-25-3/h4-7,9,11H,8,10,12H2,1-3H3,(H,20,24). The van der Waals surface area contributed by atoms with Gasteiger partial charge < -0.3 is 14.5 Å². The minimum absolute atomic E-state index is 0.0934. The molecule has 0 bridgehead atoms. The quantitative estimate of drug-likeness (QED) is 0.597. The van der Waals surface area contributed by atoms with E-state index in [0.717, 1.165) is 11.3 Å². The molecular formula is C19H22N4O3S. The molecule has 8 heteroatoms. The number of aryl methyl sites for hydroxylation is 2. The summed E-state index contributed by atoms with van der Waals surface area (Å²) in [7, 11) is 1.64. The van der Waals surface area contributed by atoms with Gasteiger partial charge in [-0.05, 0) is 49.2 Å². The van der Waals surface area contributed by atoms with Crippen LogP contribution in [0.15, 0.2) is 46.2 Å². The van der Waals surface area contributed by atoms with Crippen LogP contribution in [0.2, 0.25) is 0 Å². The summed E-state index contributed by atoms with van der Waals surface area (Å²) in [5.74, 6) is 1.39. The van der Waals surface area contributed by atoms with E-state index in [2.05, 4.69) is 15.5 Å². The zero-order valence-electron chi connectivity index (χ0n) is 15.6. The van der Waals surface area contributed by atoms with Gasteiger partial charge in [0, 0.05) is 12.8 Å². The van der Waals surface area contributed by atoms with Crippen LogP contribution in [-0.4, -0.2) is 40.1 Å². The van der Waals surface area contributed by atoms with Crippen molar-refractivity contribution >= 4 is 23.4 Å². The van der Waals surface area contributed by atoms with E-state index in [9.17, 15) is 4.79 Å². The fourth-order valence-electron chi connectivity index (χ4n) is 2.51. The number of carbonyl (C=O) groups is 1. The van der Waals surface area contributed by atoms with E-state index < -0.39 is 0 Å². The molecule has 2 aromatic heterocycles. The summed E-state index contributed by atoms with van der Waals surface area (Å²) >= 11 is 1.33. The number of nitrogens with zero attached hydrogens (tertiary/aromatic N) is 3. The first kappa shape index (κ1) is 19.2. The van der Waals surface area contributed by atoms with Gasteiger partial charge in [0.05, 0.1) is 25.2 Å². The molecule has 0 spiro atoms. The van der Waals surface area contributed by atoms with Gasteiger partial charge in [0.15, 0.2) is 10.9 Å². The highest BCUT2D eigenvalue weighted by molar-refractivity contribution is 7.99. The lowest BCUT2D eigenvalue weighted by molar-refractivity contribution is -0.113. The highest BCUT2D eigenvalue weighted by Gasteiger charge is 2.17. The van der Waals surface area contributed by atoms with Crippen LogP contribution < -0.4 is 5.32 Å². The Balaban J connectivity index is 1.67. The SMILES string of the molecule is COCCn1c(SCC(=O)Nc2ccc(C)c(C)c2)nnc1-c1ccco1. The molecule has 0 aliphatic heterocycles. The monoisotopic (exact) mass is 386 g/mol. The molecule has 1 N–H and O–H groups in total. The highest BCUT2D eigenvalue weighted by atomic mass is 32.2. The Morgan fingerprint density at radius 3 is 2.81 bits per heavy atom. The van der Waals surface area contributed by atoms with E-state index in [4.69, 9.17) is 9.15 Å². The fourth-order valence-corrected chi connectivity index (χ4v) is 3.28. The van der Waals surface area contributed by atoms with E-state index in [1.807, 2.05) is 42.7 Å². The number of hydrogen-bond donors (Lipinski definition) is 1. The van der Waals surface area contributed by atoms with Crippen molar-refractivity contribution in [2.24, 2.45) is 0 Å². The van der Waals surface area contributed by atoms with E-state index in [-0.39, 0.29) is 11.7 Å². The van der Waals surface area contributed by atoms with Gasteiger partial charge in [-0.15, -0.1) is 10.2 Å². The van der Waals surface area contributed by atoms with Crippen LogP contribution >= 0.6 is 11.8 Å². The molecule has 0 aliphatic rings. The lowest BCUT2D eigenvalue weighted by atomic mass is 10.1. The average molecular weight is 386 g/mol. The van der Waals surface area contributed by atoms with Crippen molar-refractivity contribution in [3.05, 3.63) is 47.7 Å². The molecule has 0 radical (unpaired) electrons. The number of amides is 1. The molecule has 3 aromatic rings. The van der Waals surface area contributed by atoms with E-state index >= 15 is 0 Å². The van der Waals surface area contributed by atoms with Gasteiger partial charge in [-0.25, -0.2) is 0 Å². The number of benzene rings is 1. The number of rotatable bonds is 8. The van der Waals surface area contributed by atoms with Crippen molar-refractivity contribution < 1.29 is 13.9 Å². The third-order valence-corrected chi connectivity index (χ3v) is 5.07. The largest absolute Gasteiger partial charge is 0.461 e. The van der Waals surface area contributed by atoms with Gasteiger partial charge in [0.1, 0.15) is 0 Å². The number of furan rings is 1. The van der Waals surface area contributed by atoms with Gasteiger partial charge in [-0.3, -0.25) is 9.36 Å². The van der Waals surface area contributed by atoms with Gasteiger partial charge in [0.2, 0.25) is 11.7 Å². The summed E-state index contributed by atoms with van der Waals surface area (Å²) < 4.78 is 12.5. The predicted molar refractivity (Wildman–Crippen MR) is 105 cm³/mol. The zero-order chi connectivity index (χ0) is 19.2. The molecule has 142 valence electrons. The fraction of sp³-hybridized carbons (Fsp3) is 0.316. The summed E-state index contributed by atoms with van der Waals surface area (Å²) in [6, 6.07) is 9.49. The first-order valence-corrected chi connectivity index (χ1v) is 9.53. The summed E-state index contributed by atoms with van der Waals surface area (Å²) in [5.41, 5.74) is 3.13. The van der Waals surface area contributed by atoms with E-state index in [1.165, 1.54) is 17.3 Å². The van der Waals surface area contributed by atoms with Crippen LogP contribution in [0.3, 0.4) is 0 Å². The molecule has 1 aromatic carbocycles. The number of nitrogens with one attached hydrogen (secondary N) is 1. The third-order valence-electron chi connectivity index (χ3n) is 4.10. The lowest BCUT2D eigenvalue weighted by Crippen LogP contribution is -2.15. The smallest absolute Gasteiger partial charge is 0.234 e. The number of hydrogen-bond acceptors (Lipinski definition) is 6. The average Bonchev–Trinajstić information content (AvgIpc) is 3.30. The van der Waals surface area contributed by atoms with Crippen molar-refractivity contribution in [3.8, 4) is 11.6 Å². The number of ether oxygens (including phenoxy) is 1. The molecule has 0 aliphatic carbocycles. The topological polar surface area (TPSA) is 82.2 Å². The van der Waals surface area contributed by atoms with Gasteiger partial charge in [-0.1, -0.05) is 17.8 Å².